The zero-order valence-corrected chi connectivity index (χ0v) is 23.1. The Hall–Kier alpha value is -3.59. The molecule has 3 aromatic rings. The van der Waals surface area contributed by atoms with Gasteiger partial charge >= 0.3 is 0 Å². The van der Waals surface area contributed by atoms with Gasteiger partial charge in [-0.1, -0.05) is 37.2 Å². The van der Waals surface area contributed by atoms with Crippen LogP contribution in [-0.4, -0.2) is 13.6 Å². The Morgan fingerprint density at radius 2 is 1.92 bits per heavy atom. The summed E-state index contributed by atoms with van der Waals surface area (Å²) in [7, 11) is 4.33. The van der Waals surface area contributed by atoms with Crippen molar-refractivity contribution in [3.8, 4) is 11.8 Å². The van der Waals surface area contributed by atoms with Gasteiger partial charge in [0.1, 0.15) is 18.6 Å². The number of nitriles is 1. The number of unbranched alkanes of at least 4 members (excludes halogenated alkanes) is 1. The molecule has 190 valence electrons. The molecular weight excluding hydrogens is 486 g/mol. The molecule has 1 aliphatic carbocycles. The van der Waals surface area contributed by atoms with E-state index in [9.17, 15) is 5.26 Å². The van der Waals surface area contributed by atoms with Gasteiger partial charge in [0.25, 0.3) is 0 Å². The minimum Gasteiger partial charge on any atom is -0.456 e. The molecule has 1 aromatic heterocycles. The van der Waals surface area contributed by atoms with Gasteiger partial charge in [0.2, 0.25) is 0 Å². The van der Waals surface area contributed by atoms with Gasteiger partial charge in [-0.3, -0.25) is 4.48 Å². The normalized spacial score (nSPS) is 19.8. The number of hydrogen-bond acceptors (Lipinski definition) is 3. The molecule has 0 spiro atoms. The van der Waals surface area contributed by atoms with E-state index in [4.69, 9.17) is 4.74 Å². The molecule has 0 bridgehead atoms. The molecule has 2 aromatic carbocycles. The quantitative estimate of drug-likeness (QED) is 0.196. The Morgan fingerprint density at radius 3 is 2.71 bits per heavy atom. The van der Waals surface area contributed by atoms with Gasteiger partial charge in [-0.2, -0.15) is 5.26 Å². The van der Waals surface area contributed by atoms with Crippen molar-refractivity contribution >= 4 is 34.8 Å². The average Bonchev–Trinajstić information content (AvgIpc) is 2.94. The molecule has 2 aliphatic heterocycles. The van der Waals surface area contributed by atoms with E-state index in [1.807, 2.05) is 54.0 Å². The van der Waals surface area contributed by atoms with Gasteiger partial charge in [-0.25, -0.2) is 4.57 Å². The van der Waals surface area contributed by atoms with Crippen molar-refractivity contribution in [3.63, 3.8) is 0 Å². The maximum atomic E-state index is 9.97. The van der Waals surface area contributed by atoms with Crippen molar-refractivity contribution in [2.75, 3.05) is 13.6 Å². The summed E-state index contributed by atoms with van der Waals surface area (Å²) in [5.41, 5.74) is 7.76. The highest BCUT2D eigenvalue weighted by molar-refractivity contribution is 7.99. The lowest BCUT2D eigenvalue weighted by Crippen LogP contribution is -2.42. The molecule has 0 saturated carbocycles. The van der Waals surface area contributed by atoms with E-state index in [1.54, 1.807) is 0 Å². The van der Waals surface area contributed by atoms with E-state index in [-0.39, 0.29) is 0 Å². The molecule has 6 rings (SSSR count). The number of allylic oxidation sites excluding steroid dienone is 4. The molecule has 3 heterocycles. The number of rotatable bonds is 5. The van der Waals surface area contributed by atoms with Crippen LogP contribution in [0.2, 0.25) is 0 Å². The van der Waals surface area contributed by atoms with Gasteiger partial charge in [0.05, 0.1) is 35.0 Å². The predicted molar refractivity (Wildman–Crippen MR) is 155 cm³/mol. The third-order valence-electron chi connectivity index (χ3n) is 7.94. The van der Waals surface area contributed by atoms with Gasteiger partial charge in [-0.15, -0.1) is 0 Å². The minimum atomic E-state index is 0.672. The predicted octanol–water partition coefficient (Wildman–Crippen LogP) is 7.87. The third kappa shape index (κ3) is 4.28. The summed E-state index contributed by atoms with van der Waals surface area (Å²) >= 11 is 1.87. The Kier molecular flexibility index (Phi) is 6.47. The molecule has 0 radical (unpaired) electrons. The van der Waals surface area contributed by atoms with Crippen LogP contribution in [0.5, 0.6) is 5.75 Å². The number of hydrogen-bond donors (Lipinski definition) is 0. The molecule has 0 saturated heterocycles. The fourth-order valence-electron chi connectivity index (χ4n) is 5.79. The van der Waals surface area contributed by atoms with Crippen molar-refractivity contribution in [1.82, 2.24) is 4.48 Å². The smallest absolute Gasteiger partial charge is 0.169 e. The second-order valence-electron chi connectivity index (χ2n) is 10.6. The van der Waals surface area contributed by atoms with E-state index in [0.29, 0.717) is 5.57 Å². The first-order chi connectivity index (χ1) is 18.5. The average molecular weight is 520 g/mol. The first-order valence-electron chi connectivity index (χ1n) is 13.5. The Labute approximate surface area is 229 Å². The monoisotopic (exact) mass is 519 g/mol. The van der Waals surface area contributed by atoms with E-state index in [2.05, 4.69) is 62.5 Å². The largest absolute Gasteiger partial charge is 0.456 e. The maximum Gasteiger partial charge on any atom is 0.169 e. The summed E-state index contributed by atoms with van der Waals surface area (Å²) in [5.74, 6) is 1.85. The number of para-hydroxylation sites is 1. The SMILES string of the molecule is CCCC[N+]1(C)c2ccccc2Sc2cc3c(cc21)OC1=C(/C=C(\C#N)c2cc[n+](C)cc2)CCCC1=C3. The summed E-state index contributed by atoms with van der Waals surface area (Å²) in [6.07, 6.45) is 13.6. The molecular formula is C33H33N3OS+2. The van der Waals surface area contributed by atoms with Crippen LogP contribution in [0.4, 0.5) is 11.4 Å². The molecule has 5 heteroatoms. The molecule has 1 unspecified atom stereocenters. The first kappa shape index (κ1) is 24.7. The topological polar surface area (TPSA) is 36.9 Å². The summed E-state index contributed by atoms with van der Waals surface area (Å²) in [6, 6.07) is 19.8. The second-order valence-corrected chi connectivity index (χ2v) is 11.7. The highest BCUT2D eigenvalue weighted by atomic mass is 32.2. The van der Waals surface area contributed by atoms with Gasteiger partial charge in [0.15, 0.2) is 23.8 Å². The minimum absolute atomic E-state index is 0.672. The van der Waals surface area contributed by atoms with Crippen molar-refractivity contribution in [3.05, 3.63) is 95.0 Å². The molecule has 1 atom stereocenters. The van der Waals surface area contributed by atoms with Crippen LogP contribution < -0.4 is 13.8 Å². The van der Waals surface area contributed by atoms with Crippen molar-refractivity contribution < 1.29 is 9.30 Å². The first-order valence-corrected chi connectivity index (χ1v) is 14.3. The van der Waals surface area contributed by atoms with Crippen molar-refractivity contribution in [1.29, 1.82) is 5.26 Å². The maximum absolute atomic E-state index is 9.97. The van der Waals surface area contributed by atoms with E-state index < -0.39 is 0 Å². The molecule has 38 heavy (non-hydrogen) atoms. The van der Waals surface area contributed by atoms with Crippen LogP contribution in [-0.2, 0) is 7.05 Å². The number of ether oxygens (including phenoxy) is 1. The zero-order valence-electron chi connectivity index (χ0n) is 22.3. The number of nitrogens with zero attached hydrogens (tertiary/aromatic N) is 3. The lowest BCUT2D eigenvalue weighted by molar-refractivity contribution is -0.671. The summed E-state index contributed by atoms with van der Waals surface area (Å²) < 4.78 is 9.50. The Morgan fingerprint density at radius 1 is 1.11 bits per heavy atom. The van der Waals surface area contributed by atoms with Crippen LogP contribution in [0.3, 0.4) is 0 Å². The highest BCUT2D eigenvalue weighted by Gasteiger charge is 2.39. The van der Waals surface area contributed by atoms with Crippen LogP contribution in [0.25, 0.3) is 11.6 Å². The van der Waals surface area contributed by atoms with Gasteiger partial charge in [0, 0.05) is 35.4 Å². The summed E-state index contributed by atoms with van der Waals surface area (Å²) in [4.78, 5) is 2.65. The molecule has 0 fully saturated rings. The fraction of sp³-hybridized carbons (Fsp3) is 0.273. The fourth-order valence-corrected chi connectivity index (χ4v) is 7.10. The van der Waals surface area contributed by atoms with Crippen LogP contribution >= 0.6 is 11.8 Å². The second kappa shape index (κ2) is 9.94. The molecule has 3 aliphatic rings. The van der Waals surface area contributed by atoms with E-state index >= 15 is 0 Å². The number of quaternary nitrogens is 1. The number of aryl methyl sites for hydroxylation is 1. The number of benzene rings is 2. The zero-order chi connectivity index (χ0) is 26.3. The Bertz CT molecular complexity index is 1560. The third-order valence-corrected chi connectivity index (χ3v) is 9.06. The number of aromatic nitrogens is 1. The summed E-state index contributed by atoms with van der Waals surface area (Å²) in [6.45, 7) is 3.31. The standard InChI is InChI=1S/C33H33N3OS/c1-4-5-17-36(3)28-11-6-7-12-31(28)38-32-20-26-18-24-9-8-10-25(33(24)37-30(26)21-29(32)36)19-27(22-34)23-13-15-35(2)16-14-23/h6-7,11-16,18-21H,4-5,8-10,17H2,1-3H3/q+2/b27-19+. The van der Waals surface area contributed by atoms with Crippen LogP contribution in [0.1, 0.15) is 50.2 Å². The van der Waals surface area contributed by atoms with Crippen LogP contribution in [0, 0.1) is 11.3 Å². The molecule has 0 amide bonds. The van der Waals surface area contributed by atoms with E-state index in [0.717, 1.165) is 71.3 Å². The number of pyridine rings is 1. The van der Waals surface area contributed by atoms with Crippen molar-refractivity contribution in [2.24, 2.45) is 7.05 Å². The lowest BCUT2D eigenvalue weighted by Gasteiger charge is -2.39. The van der Waals surface area contributed by atoms with Gasteiger partial charge in [-0.05, 0) is 61.1 Å². The highest BCUT2D eigenvalue weighted by Crippen LogP contribution is 2.54. The Balaban J connectivity index is 1.44. The lowest BCUT2D eigenvalue weighted by atomic mass is 9.88. The number of fused-ring (bicyclic) bond motifs is 4. The molecule has 4 nitrogen and oxygen atoms in total. The van der Waals surface area contributed by atoms with Crippen LogP contribution in [0.15, 0.2) is 93.7 Å². The van der Waals surface area contributed by atoms with Crippen molar-refractivity contribution in [2.45, 2.75) is 48.8 Å². The van der Waals surface area contributed by atoms with Gasteiger partial charge < -0.3 is 4.74 Å². The van der Waals surface area contributed by atoms with E-state index in [1.165, 1.54) is 26.7 Å². The molecule has 0 N–H and O–H groups in total. The summed E-state index contributed by atoms with van der Waals surface area (Å²) in [5, 5.41) is 9.97.